The summed E-state index contributed by atoms with van der Waals surface area (Å²) in [6.07, 6.45) is 1.72. The van der Waals surface area contributed by atoms with Gasteiger partial charge in [0.1, 0.15) is 11.5 Å². The minimum absolute atomic E-state index is 0.199. The van der Waals surface area contributed by atoms with E-state index < -0.39 is 11.9 Å². The predicted octanol–water partition coefficient (Wildman–Crippen LogP) is 4.22. The third kappa shape index (κ3) is 4.17. The summed E-state index contributed by atoms with van der Waals surface area (Å²) in [5.41, 5.74) is 2.39. The van der Waals surface area contributed by atoms with Crippen LogP contribution in [0.3, 0.4) is 0 Å². The third-order valence-corrected chi connectivity index (χ3v) is 5.13. The molecule has 0 radical (unpaired) electrons. The van der Waals surface area contributed by atoms with Crippen LogP contribution in [-0.4, -0.2) is 39.4 Å². The standard InChI is InChI=1S/C24H26O6/c1-5-15-11-19-20(12-16(15)6-2)24(30-14-22(26)28-4)18-10-8-7-9-17(18)23(19)29-13-21(25)27-3/h7-12H,5-6,13-14H2,1-4H3. The van der Waals surface area contributed by atoms with Crippen molar-refractivity contribution in [1.82, 2.24) is 0 Å². The van der Waals surface area contributed by atoms with Gasteiger partial charge in [-0.1, -0.05) is 38.1 Å². The molecule has 0 saturated carbocycles. The molecule has 30 heavy (non-hydrogen) atoms. The average Bonchev–Trinajstić information content (AvgIpc) is 2.79. The van der Waals surface area contributed by atoms with E-state index in [0.29, 0.717) is 11.5 Å². The fraction of sp³-hybridized carbons (Fsp3) is 0.333. The van der Waals surface area contributed by atoms with Crippen LogP contribution in [0.25, 0.3) is 21.5 Å². The van der Waals surface area contributed by atoms with Crippen molar-refractivity contribution >= 4 is 33.5 Å². The molecule has 0 aromatic heterocycles. The molecule has 0 atom stereocenters. The minimum atomic E-state index is -0.459. The summed E-state index contributed by atoms with van der Waals surface area (Å²) < 4.78 is 21.4. The lowest BCUT2D eigenvalue weighted by molar-refractivity contribution is -0.143. The highest BCUT2D eigenvalue weighted by atomic mass is 16.6. The van der Waals surface area contributed by atoms with Crippen molar-refractivity contribution < 1.29 is 28.5 Å². The van der Waals surface area contributed by atoms with Crippen molar-refractivity contribution in [3.63, 3.8) is 0 Å². The fourth-order valence-electron chi connectivity index (χ4n) is 3.58. The molecule has 0 saturated heterocycles. The van der Waals surface area contributed by atoms with Crippen LogP contribution in [0.4, 0.5) is 0 Å². The zero-order valence-electron chi connectivity index (χ0n) is 17.7. The van der Waals surface area contributed by atoms with E-state index in [0.717, 1.165) is 34.4 Å². The molecule has 0 aliphatic heterocycles. The summed E-state index contributed by atoms with van der Waals surface area (Å²) >= 11 is 0. The Bertz CT molecular complexity index is 1000. The van der Waals surface area contributed by atoms with Gasteiger partial charge >= 0.3 is 11.9 Å². The van der Waals surface area contributed by atoms with E-state index in [9.17, 15) is 9.59 Å². The molecule has 0 aliphatic carbocycles. The maximum atomic E-state index is 11.7. The van der Waals surface area contributed by atoms with Crippen LogP contribution in [0.2, 0.25) is 0 Å². The molecule has 0 unspecified atom stereocenters. The smallest absolute Gasteiger partial charge is 0.343 e. The zero-order valence-corrected chi connectivity index (χ0v) is 17.7. The molecule has 0 heterocycles. The number of carbonyl (C=O) groups is 2. The van der Waals surface area contributed by atoms with Crippen LogP contribution in [0.1, 0.15) is 25.0 Å². The van der Waals surface area contributed by atoms with E-state index in [1.807, 2.05) is 24.3 Å². The Balaban J connectivity index is 2.31. The number of aryl methyl sites for hydroxylation is 2. The van der Waals surface area contributed by atoms with Gasteiger partial charge < -0.3 is 18.9 Å². The third-order valence-electron chi connectivity index (χ3n) is 5.13. The minimum Gasteiger partial charge on any atom is -0.481 e. The Kier molecular flexibility index (Phi) is 6.77. The largest absolute Gasteiger partial charge is 0.481 e. The van der Waals surface area contributed by atoms with E-state index in [1.165, 1.54) is 25.3 Å². The van der Waals surface area contributed by atoms with Crippen molar-refractivity contribution in [2.45, 2.75) is 26.7 Å². The molecule has 0 N–H and O–H groups in total. The predicted molar refractivity (Wildman–Crippen MR) is 115 cm³/mol. The van der Waals surface area contributed by atoms with Crippen LogP contribution in [0.5, 0.6) is 11.5 Å². The van der Waals surface area contributed by atoms with Crippen molar-refractivity contribution in [2.75, 3.05) is 27.4 Å². The average molecular weight is 410 g/mol. The van der Waals surface area contributed by atoms with Gasteiger partial charge in [-0.05, 0) is 36.1 Å². The number of rotatable bonds is 8. The second-order valence-electron chi connectivity index (χ2n) is 6.81. The topological polar surface area (TPSA) is 71.1 Å². The summed E-state index contributed by atoms with van der Waals surface area (Å²) in [7, 11) is 2.66. The summed E-state index contributed by atoms with van der Waals surface area (Å²) in [4.78, 5) is 23.5. The zero-order chi connectivity index (χ0) is 21.7. The molecule has 3 rings (SSSR count). The van der Waals surface area contributed by atoms with Gasteiger partial charge in [0.2, 0.25) is 0 Å². The molecule has 0 spiro atoms. The molecule has 6 nitrogen and oxygen atoms in total. The van der Waals surface area contributed by atoms with Crippen molar-refractivity contribution in [1.29, 1.82) is 0 Å². The van der Waals surface area contributed by atoms with E-state index in [2.05, 4.69) is 26.0 Å². The molecule has 3 aromatic rings. The van der Waals surface area contributed by atoms with Crippen LogP contribution in [-0.2, 0) is 31.9 Å². The van der Waals surface area contributed by atoms with Crippen molar-refractivity contribution in [2.24, 2.45) is 0 Å². The first kappa shape index (κ1) is 21.4. The second kappa shape index (κ2) is 9.48. The van der Waals surface area contributed by atoms with Gasteiger partial charge in [-0.15, -0.1) is 0 Å². The number of hydrogen-bond donors (Lipinski definition) is 0. The number of benzene rings is 3. The van der Waals surface area contributed by atoms with E-state index in [1.54, 1.807) is 0 Å². The molecule has 0 amide bonds. The molecule has 3 aromatic carbocycles. The van der Waals surface area contributed by atoms with Crippen LogP contribution < -0.4 is 9.47 Å². The second-order valence-corrected chi connectivity index (χ2v) is 6.81. The van der Waals surface area contributed by atoms with Gasteiger partial charge in [-0.25, -0.2) is 9.59 Å². The first-order chi connectivity index (χ1) is 14.5. The lowest BCUT2D eigenvalue weighted by Gasteiger charge is -2.19. The number of fused-ring (bicyclic) bond motifs is 2. The lowest BCUT2D eigenvalue weighted by atomic mass is 9.93. The quantitative estimate of drug-likeness (QED) is 0.409. The van der Waals surface area contributed by atoms with E-state index in [-0.39, 0.29) is 13.2 Å². The van der Waals surface area contributed by atoms with Crippen LogP contribution in [0.15, 0.2) is 36.4 Å². The monoisotopic (exact) mass is 410 g/mol. The molecule has 0 aliphatic rings. The summed E-state index contributed by atoms with van der Waals surface area (Å²) in [5, 5.41) is 3.23. The molecule has 158 valence electrons. The molecule has 0 bridgehead atoms. The van der Waals surface area contributed by atoms with E-state index >= 15 is 0 Å². The Hall–Kier alpha value is -3.28. The first-order valence-corrected chi connectivity index (χ1v) is 9.93. The highest BCUT2D eigenvalue weighted by Gasteiger charge is 2.19. The van der Waals surface area contributed by atoms with Crippen LogP contribution >= 0.6 is 0 Å². The highest BCUT2D eigenvalue weighted by Crippen LogP contribution is 2.44. The Morgan fingerprint density at radius 3 is 1.43 bits per heavy atom. The Morgan fingerprint density at radius 2 is 1.10 bits per heavy atom. The van der Waals surface area contributed by atoms with Gasteiger partial charge in [0.15, 0.2) is 13.2 Å². The number of hydrogen-bond acceptors (Lipinski definition) is 6. The first-order valence-electron chi connectivity index (χ1n) is 9.93. The number of methoxy groups -OCH3 is 2. The van der Waals surface area contributed by atoms with E-state index in [4.69, 9.17) is 18.9 Å². The maximum absolute atomic E-state index is 11.7. The number of esters is 2. The normalized spacial score (nSPS) is 10.8. The van der Waals surface area contributed by atoms with Gasteiger partial charge in [0.05, 0.1) is 14.2 Å². The maximum Gasteiger partial charge on any atom is 0.343 e. The molecular weight excluding hydrogens is 384 g/mol. The highest BCUT2D eigenvalue weighted by molar-refractivity contribution is 6.11. The summed E-state index contributed by atoms with van der Waals surface area (Å²) in [6, 6.07) is 11.8. The Labute approximate surface area is 175 Å². The van der Waals surface area contributed by atoms with Gasteiger partial charge in [0.25, 0.3) is 0 Å². The number of carbonyl (C=O) groups excluding carboxylic acids is 2. The van der Waals surface area contributed by atoms with Gasteiger partial charge in [-0.3, -0.25) is 0 Å². The Morgan fingerprint density at radius 1 is 0.700 bits per heavy atom. The molecule has 0 fully saturated rings. The van der Waals surface area contributed by atoms with Crippen molar-refractivity contribution in [3.05, 3.63) is 47.5 Å². The van der Waals surface area contributed by atoms with Crippen molar-refractivity contribution in [3.8, 4) is 11.5 Å². The SMILES string of the molecule is CCc1cc2c(OCC(=O)OC)c3ccccc3c(OCC(=O)OC)c2cc1CC. The molecular formula is C24H26O6. The van der Waals surface area contributed by atoms with Gasteiger partial charge in [-0.2, -0.15) is 0 Å². The fourth-order valence-corrected chi connectivity index (χ4v) is 3.58. The van der Waals surface area contributed by atoms with Gasteiger partial charge in [0, 0.05) is 21.5 Å². The number of ether oxygens (including phenoxy) is 4. The summed E-state index contributed by atoms with van der Waals surface area (Å²) in [6.45, 7) is 3.81. The summed E-state index contributed by atoms with van der Waals surface area (Å²) in [5.74, 6) is 0.265. The lowest BCUT2D eigenvalue weighted by Crippen LogP contribution is -2.14. The van der Waals surface area contributed by atoms with Crippen LogP contribution in [0, 0.1) is 0 Å². The molecule has 6 heteroatoms.